The first-order valence-electron chi connectivity index (χ1n) is 6.77. The van der Waals surface area contributed by atoms with Crippen molar-refractivity contribution >= 4 is 18.0 Å². The summed E-state index contributed by atoms with van der Waals surface area (Å²) in [5.41, 5.74) is 8.74. The van der Waals surface area contributed by atoms with Crippen LogP contribution in [0.1, 0.15) is 18.4 Å². The van der Waals surface area contributed by atoms with Crippen molar-refractivity contribution in [1.82, 2.24) is 0 Å². The maximum absolute atomic E-state index is 12.3. The van der Waals surface area contributed by atoms with E-state index in [9.17, 15) is 19.5 Å². The lowest BCUT2D eigenvalue weighted by molar-refractivity contribution is -0.151. The Balaban J connectivity index is 3.24. The molecule has 0 spiro atoms. The standard InChI is InChI=1S/C16H20N2O4/c1-2-15(17,11-12-7-4-3-5-8-12)16(18,14(21)22)13(20)9-6-10-19/h2-5,7-8,10H,1,6,9,11,17-18H2,(H,21,22). The van der Waals surface area contributed by atoms with E-state index >= 15 is 0 Å². The van der Waals surface area contributed by atoms with Gasteiger partial charge in [0.1, 0.15) is 6.29 Å². The highest BCUT2D eigenvalue weighted by Crippen LogP contribution is 2.26. The van der Waals surface area contributed by atoms with Crippen molar-refractivity contribution in [3.8, 4) is 0 Å². The zero-order valence-electron chi connectivity index (χ0n) is 12.2. The Kier molecular flexibility index (Phi) is 5.73. The van der Waals surface area contributed by atoms with E-state index in [0.29, 0.717) is 6.29 Å². The van der Waals surface area contributed by atoms with Gasteiger partial charge in [0.2, 0.25) is 0 Å². The Bertz CT molecular complexity index is 573. The van der Waals surface area contributed by atoms with Gasteiger partial charge in [0.25, 0.3) is 0 Å². The van der Waals surface area contributed by atoms with Gasteiger partial charge >= 0.3 is 5.97 Å². The minimum atomic E-state index is -2.35. The predicted molar refractivity (Wildman–Crippen MR) is 82.1 cm³/mol. The zero-order valence-corrected chi connectivity index (χ0v) is 12.2. The van der Waals surface area contributed by atoms with E-state index in [1.54, 1.807) is 30.3 Å². The smallest absolute Gasteiger partial charge is 0.333 e. The summed E-state index contributed by atoms with van der Waals surface area (Å²) in [6, 6.07) is 8.85. The Morgan fingerprint density at radius 3 is 2.27 bits per heavy atom. The molecule has 0 saturated heterocycles. The quantitative estimate of drug-likeness (QED) is 0.345. The number of Topliss-reactive ketones (excluding diaryl/α,β-unsaturated/α-hetero) is 1. The SMILES string of the molecule is C=CC(N)(Cc1ccccc1)C(N)(C(=O)O)C(=O)CCC=O. The van der Waals surface area contributed by atoms with Crippen LogP contribution in [0.5, 0.6) is 0 Å². The van der Waals surface area contributed by atoms with Crippen LogP contribution < -0.4 is 11.5 Å². The molecule has 0 heterocycles. The van der Waals surface area contributed by atoms with Crippen LogP contribution in [0.15, 0.2) is 43.0 Å². The normalized spacial score (nSPS) is 16.1. The molecule has 0 saturated carbocycles. The number of aldehydes is 1. The fourth-order valence-electron chi connectivity index (χ4n) is 2.27. The molecule has 0 aliphatic rings. The minimum absolute atomic E-state index is 0.0347. The summed E-state index contributed by atoms with van der Waals surface area (Å²) in [6.45, 7) is 3.55. The number of carboxylic acid groups (broad SMARTS) is 1. The highest BCUT2D eigenvalue weighted by molar-refractivity contribution is 6.10. The van der Waals surface area contributed by atoms with E-state index in [2.05, 4.69) is 6.58 Å². The molecule has 5 N–H and O–H groups in total. The molecule has 6 heteroatoms. The van der Waals surface area contributed by atoms with Crippen LogP contribution in [0.2, 0.25) is 0 Å². The van der Waals surface area contributed by atoms with Crippen LogP contribution in [-0.4, -0.2) is 34.2 Å². The third-order valence-electron chi connectivity index (χ3n) is 3.70. The molecule has 6 nitrogen and oxygen atoms in total. The van der Waals surface area contributed by atoms with Gasteiger partial charge in [0.05, 0.1) is 5.54 Å². The van der Waals surface area contributed by atoms with Crippen LogP contribution in [-0.2, 0) is 20.8 Å². The zero-order chi connectivity index (χ0) is 16.8. The molecule has 0 bridgehead atoms. The fraction of sp³-hybridized carbons (Fsp3) is 0.312. The van der Waals surface area contributed by atoms with E-state index in [1.807, 2.05) is 0 Å². The van der Waals surface area contributed by atoms with Crippen molar-refractivity contribution in [3.05, 3.63) is 48.6 Å². The largest absolute Gasteiger partial charge is 0.479 e. The average Bonchev–Trinajstić information content (AvgIpc) is 2.52. The lowest BCUT2D eigenvalue weighted by Crippen LogP contribution is -2.74. The van der Waals surface area contributed by atoms with Gasteiger partial charge in [-0.3, -0.25) is 4.79 Å². The van der Waals surface area contributed by atoms with E-state index in [1.165, 1.54) is 6.08 Å². The number of rotatable bonds is 9. The number of carbonyl (C=O) groups excluding carboxylic acids is 2. The molecule has 1 aromatic carbocycles. The first kappa shape index (κ1) is 17.7. The summed E-state index contributed by atoms with van der Waals surface area (Å²) in [5, 5.41) is 9.49. The van der Waals surface area contributed by atoms with Gasteiger partial charge in [-0.05, 0) is 12.0 Å². The second-order valence-electron chi connectivity index (χ2n) is 5.15. The predicted octanol–water partition coefficient (Wildman–Crippen LogP) is 0.443. The number of nitrogens with two attached hydrogens (primary N) is 2. The van der Waals surface area contributed by atoms with Crippen LogP contribution in [0.3, 0.4) is 0 Å². The van der Waals surface area contributed by atoms with Gasteiger partial charge in [0.15, 0.2) is 11.3 Å². The van der Waals surface area contributed by atoms with Crippen molar-refractivity contribution in [2.45, 2.75) is 30.3 Å². The summed E-state index contributed by atoms with van der Waals surface area (Å²) in [7, 11) is 0. The Hall–Kier alpha value is -2.31. The monoisotopic (exact) mass is 304 g/mol. The van der Waals surface area contributed by atoms with Crippen molar-refractivity contribution in [2.75, 3.05) is 0 Å². The van der Waals surface area contributed by atoms with Gasteiger partial charge in [-0.1, -0.05) is 36.4 Å². The highest BCUT2D eigenvalue weighted by atomic mass is 16.4. The summed E-state index contributed by atoms with van der Waals surface area (Å²) < 4.78 is 0. The number of aliphatic carboxylic acids is 1. The Labute approximate surface area is 128 Å². The van der Waals surface area contributed by atoms with E-state index in [0.717, 1.165) is 5.56 Å². The van der Waals surface area contributed by atoms with Gasteiger partial charge in [-0.25, -0.2) is 4.79 Å². The van der Waals surface area contributed by atoms with Crippen molar-refractivity contribution in [3.63, 3.8) is 0 Å². The molecule has 1 aromatic rings. The number of ketones is 1. The summed E-state index contributed by atoms with van der Waals surface area (Å²) in [5.74, 6) is -2.34. The lowest BCUT2D eigenvalue weighted by Gasteiger charge is -2.39. The van der Waals surface area contributed by atoms with Gasteiger partial charge in [0, 0.05) is 12.8 Å². The molecule has 2 unspecified atom stereocenters. The second-order valence-corrected chi connectivity index (χ2v) is 5.15. The van der Waals surface area contributed by atoms with E-state index in [-0.39, 0.29) is 19.3 Å². The molecule has 118 valence electrons. The molecular formula is C16H20N2O4. The molecule has 0 aliphatic carbocycles. The van der Waals surface area contributed by atoms with E-state index in [4.69, 9.17) is 11.5 Å². The molecule has 22 heavy (non-hydrogen) atoms. The number of hydrogen-bond donors (Lipinski definition) is 3. The average molecular weight is 304 g/mol. The Morgan fingerprint density at radius 1 is 1.23 bits per heavy atom. The molecule has 0 aliphatic heterocycles. The lowest BCUT2D eigenvalue weighted by atomic mass is 9.70. The summed E-state index contributed by atoms with van der Waals surface area (Å²) >= 11 is 0. The van der Waals surface area contributed by atoms with Crippen LogP contribution in [0.25, 0.3) is 0 Å². The Morgan fingerprint density at radius 2 is 1.82 bits per heavy atom. The fourth-order valence-corrected chi connectivity index (χ4v) is 2.27. The minimum Gasteiger partial charge on any atom is -0.479 e. The van der Waals surface area contributed by atoms with Gasteiger partial charge < -0.3 is 21.4 Å². The second kappa shape index (κ2) is 7.11. The number of benzene rings is 1. The molecule has 0 aromatic heterocycles. The first-order chi connectivity index (χ1) is 10.3. The van der Waals surface area contributed by atoms with Gasteiger partial charge in [-0.15, -0.1) is 6.58 Å². The molecule has 0 amide bonds. The van der Waals surface area contributed by atoms with Crippen molar-refractivity contribution in [2.24, 2.45) is 11.5 Å². The van der Waals surface area contributed by atoms with Crippen LogP contribution in [0, 0.1) is 0 Å². The number of carboxylic acids is 1. The molecule has 1 rings (SSSR count). The topological polar surface area (TPSA) is 123 Å². The molecule has 0 fully saturated rings. The van der Waals surface area contributed by atoms with Crippen LogP contribution >= 0.6 is 0 Å². The van der Waals surface area contributed by atoms with E-state index < -0.39 is 22.8 Å². The maximum Gasteiger partial charge on any atom is 0.333 e. The number of carbonyl (C=O) groups is 3. The molecule has 2 atom stereocenters. The van der Waals surface area contributed by atoms with Crippen LogP contribution in [0.4, 0.5) is 0 Å². The number of hydrogen-bond acceptors (Lipinski definition) is 5. The first-order valence-corrected chi connectivity index (χ1v) is 6.77. The summed E-state index contributed by atoms with van der Waals surface area (Å²) in [4.78, 5) is 34.4. The third kappa shape index (κ3) is 3.29. The molecule has 0 radical (unpaired) electrons. The third-order valence-corrected chi connectivity index (χ3v) is 3.70. The maximum atomic E-state index is 12.3. The van der Waals surface area contributed by atoms with Gasteiger partial charge in [-0.2, -0.15) is 0 Å². The van der Waals surface area contributed by atoms with Crippen molar-refractivity contribution in [1.29, 1.82) is 0 Å². The van der Waals surface area contributed by atoms with Crippen molar-refractivity contribution < 1.29 is 19.5 Å². The highest BCUT2D eigenvalue weighted by Gasteiger charge is 2.55. The summed E-state index contributed by atoms with van der Waals surface area (Å²) in [6.07, 6.45) is 1.36. The molecular weight excluding hydrogens is 284 g/mol.